The summed E-state index contributed by atoms with van der Waals surface area (Å²) in [6.45, 7) is 21.1. The molecule has 0 aromatic heterocycles. The van der Waals surface area contributed by atoms with Crippen molar-refractivity contribution in [3.63, 3.8) is 0 Å². The summed E-state index contributed by atoms with van der Waals surface area (Å²) in [6, 6.07) is 0. The smallest absolute Gasteiger partial charge is 0.242 e. The van der Waals surface area contributed by atoms with E-state index in [0.29, 0.717) is 18.9 Å². The fraction of sp³-hybridized carbons (Fsp3) is 0.586. The molecule has 0 radical (unpaired) electrons. The molecule has 0 aromatic carbocycles. The van der Waals surface area contributed by atoms with E-state index in [1.54, 1.807) is 6.08 Å². The molecule has 7 atom stereocenters. The maximum atomic E-state index is 15.9. The van der Waals surface area contributed by atoms with Crippen LogP contribution in [0.3, 0.4) is 0 Å². The molecule has 0 rings (SSSR count). The number of hydrogen-bond donors (Lipinski definition) is 0. The normalized spacial score (nSPS) is 19.8. The first-order valence-electron chi connectivity index (χ1n) is 11.9. The Balaban J connectivity index is 6.74. The fourth-order valence-corrected chi connectivity index (χ4v) is 4.66. The lowest BCUT2D eigenvalue weighted by Gasteiger charge is -2.42. The molecule has 0 saturated carbocycles. The molecule has 0 spiro atoms. The summed E-state index contributed by atoms with van der Waals surface area (Å²) in [4.78, 5) is 0. The molecule has 0 bridgehead atoms. The van der Waals surface area contributed by atoms with Crippen LogP contribution in [0.1, 0.15) is 54.4 Å². The largest absolute Gasteiger partial charge is 0.264 e. The van der Waals surface area contributed by atoms with Gasteiger partial charge in [0.05, 0.1) is 0 Å². The van der Waals surface area contributed by atoms with E-state index in [2.05, 4.69) is 19.7 Å². The van der Waals surface area contributed by atoms with Crippen molar-refractivity contribution >= 4 is 0 Å². The van der Waals surface area contributed by atoms with Crippen LogP contribution in [0.15, 0.2) is 73.9 Å². The second-order valence-corrected chi connectivity index (χ2v) is 9.44. The topological polar surface area (TPSA) is 0 Å². The highest BCUT2D eigenvalue weighted by atomic mass is 19.3. The summed E-state index contributed by atoms with van der Waals surface area (Å²) >= 11 is 0. The van der Waals surface area contributed by atoms with Gasteiger partial charge in [-0.25, -0.2) is 17.6 Å². The van der Waals surface area contributed by atoms with Crippen LogP contribution in [0.4, 0.5) is 17.6 Å². The molecule has 0 nitrogen and oxygen atoms in total. The first kappa shape index (κ1) is 31.2. The Bertz CT molecular complexity index is 680. The molecular weight excluding hydrogens is 424 g/mol. The van der Waals surface area contributed by atoms with Crippen molar-refractivity contribution in [2.45, 2.75) is 72.6 Å². The van der Waals surface area contributed by atoms with E-state index in [1.165, 1.54) is 19.1 Å². The number of halogens is 4. The summed E-state index contributed by atoms with van der Waals surface area (Å²) in [6.07, 6.45) is 11.5. The third kappa shape index (κ3) is 10.8. The van der Waals surface area contributed by atoms with E-state index < -0.39 is 36.0 Å². The third-order valence-corrected chi connectivity index (χ3v) is 6.13. The molecule has 7 unspecified atom stereocenters. The fourth-order valence-electron chi connectivity index (χ4n) is 4.66. The van der Waals surface area contributed by atoms with Gasteiger partial charge < -0.3 is 0 Å². The molecule has 0 amide bonds. The highest BCUT2D eigenvalue weighted by Gasteiger charge is 2.42. The summed E-state index contributed by atoms with van der Waals surface area (Å²) < 4.78 is 58.3. The first-order chi connectivity index (χ1) is 15.3. The molecule has 0 aliphatic carbocycles. The van der Waals surface area contributed by atoms with E-state index in [9.17, 15) is 8.78 Å². The van der Waals surface area contributed by atoms with Crippen LogP contribution in [0.2, 0.25) is 0 Å². The van der Waals surface area contributed by atoms with Crippen molar-refractivity contribution in [2.75, 3.05) is 0 Å². The van der Waals surface area contributed by atoms with E-state index >= 15 is 8.78 Å². The van der Waals surface area contributed by atoms with E-state index in [-0.39, 0.29) is 23.3 Å². The van der Waals surface area contributed by atoms with E-state index in [0.717, 1.165) is 6.92 Å². The molecule has 0 aromatic rings. The summed E-state index contributed by atoms with van der Waals surface area (Å²) in [7, 11) is 0. The Morgan fingerprint density at radius 1 is 0.939 bits per heavy atom. The zero-order chi connectivity index (χ0) is 25.8. The molecule has 0 aliphatic heterocycles. The Morgan fingerprint density at radius 2 is 1.55 bits per heavy atom. The summed E-state index contributed by atoms with van der Waals surface area (Å²) in [5.41, 5.74) is -0.0308. The number of rotatable bonds is 16. The molecule has 188 valence electrons. The predicted molar refractivity (Wildman–Crippen MR) is 136 cm³/mol. The highest BCUT2D eigenvalue weighted by Crippen LogP contribution is 2.44. The Kier molecular flexibility index (Phi) is 14.3. The number of alkyl halides is 4. The van der Waals surface area contributed by atoms with Crippen molar-refractivity contribution in [2.24, 2.45) is 35.5 Å². The molecule has 0 N–H and O–H groups in total. The van der Waals surface area contributed by atoms with Crippen LogP contribution in [-0.4, -0.2) is 18.3 Å². The van der Waals surface area contributed by atoms with Gasteiger partial charge in [-0.15, -0.1) is 19.7 Å². The van der Waals surface area contributed by atoms with Gasteiger partial charge in [-0.3, -0.25) is 0 Å². The SMILES string of the molecule is C=CCCC(/C=C/C(C)/C=C/C)C(C(C=C)C(F)C=C)C(C(C)C)C(F)/C(C)=C/C(C)(F)F. The van der Waals surface area contributed by atoms with Gasteiger partial charge in [0.25, 0.3) is 5.92 Å². The molecule has 0 heterocycles. The van der Waals surface area contributed by atoms with Gasteiger partial charge in [0, 0.05) is 18.8 Å². The van der Waals surface area contributed by atoms with Crippen LogP contribution < -0.4 is 0 Å². The van der Waals surface area contributed by atoms with Gasteiger partial charge in [0.15, 0.2) is 0 Å². The molecule has 0 aliphatic rings. The van der Waals surface area contributed by atoms with Gasteiger partial charge in [-0.1, -0.05) is 63.3 Å². The van der Waals surface area contributed by atoms with Crippen LogP contribution in [0, 0.1) is 35.5 Å². The maximum absolute atomic E-state index is 15.9. The molecule has 33 heavy (non-hydrogen) atoms. The van der Waals surface area contributed by atoms with Crippen LogP contribution in [-0.2, 0) is 0 Å². The van der Waals surface area contributed by atoms with Crippen molar-refractivity contribution in [3.05, 3.63) is 73.9 Å². The van der Waals surface area contributed by atoms with Gasteiger partial charge in [0.2, 0.25) is 0 Å². The van der Waals surface area contributed by atoms with Gasteiger partial charge >= 0.3 is 0 Å². The first-order valence-corrected chi connectivity index (χ1v) is 11.9. The average Bonchev–Trinajstić information content (AvgIpc) is 2.72. The van der Waals surface area contributed by atoms with Crippen LogP contribution >= 0.6 is 0 Å². The number of hydrogen-bond acceptors (Lipinski definition) is 0. The molecule has 4 heteroatoms. The zero-order valence-electron chi connectivity index (χ0n) is 21.3. The van der Waals surface area contributed by atoms with Crippen molar-refractivity contribution in [3.8, 4) is 0 Å². The minimum atomic E-state index is -3.13. The second-order valence-electron chi connectivity index (χ2n) is 9.44. The summed E-state index contributed by atoms with van der Waals surface area (Å²) in [5, 5.41) is 0. The molecule has 0 fully saturated rings. The Morgan fingerprint density at radius 3 is 1.97 bits per heavy atom. The second kappa shape index (κ2) is 15.1. The Hall–Kier alpha value is -1.84. The molecule has 0 saturated heterocycles. The maximum Gasteiger partial charge on any atom is 0.264 e. The van der Waals surface area contributed by atoms with Gasteiger partial charge in [-0.05, 0) is 62.0 Å². The van der Waals surface area contributed by atoms with Crippen molar-refractivity contribution < 1.29 is 17.6 Å². The highest BCUT2D eigenvalue weighted by molar-refractivity contribution is 5.15. The van der Waals surface area contributed by atoms with E-state index in [4.69, 9.17) is 0 Å². The third-order valence-electron chi connectivity index (χ3n) is 6.13. The van der Waals surface area contributed by atoms with E-state index in [1.807, 2.05) is 52.0 Å². The lowest BCUT2D eigenvalue weighted by molar-refractivity contribution is 0.0540. The van der Waals surface area contributed by atoms with Crippen LogP contribution in [0.25, 0.3) is 0 Å². The average molecular weight is 469 g/mol. The minimum Gasteiger partial charge on any atom is -0.242 e. The number of allylic oxidation sites excluding steroid dienone is 9. The minimum absolute atomic E-state index is 0.0308. The van der Waals surface area contributed by atoms with Gasteiger partial charge in [-0.2, -0.15) is 0 Å². The van der Waals surface area contributed by atoms with Gasteiger partial charge in [0.1, 0.15) is 12.3 Å². The molecular formula is C29H44F4. The predicted octanol–water partition coefficient (Wildman–Crippen LogP) is 9.49. The van der Waals surface area contributed by atoms with Crippen molar-refractivity contribution in [1.29, 1.82) is 0 Å². The van der Waals surface area contributed by atoms with Crippen molar-refractivity contribution in [1.82, 2.24) is 0 Å². The monoisotopic (exact) mass is 468 g/mol. The lowest BCUT2D eigenvalue weighted by Crippen LogP contribution is -2.41. The standard InChI is InChI=1S/C29H44F4/c1-10-14-16-23(18-17-21(7)15-11-2)27(24(12-3)25(30)13-4)26(20(5)6)28(31)22(8)19-29(9,32)33/h10-13,15,17-21,23-28H,1,3-4,14,16H2,2,5-9H3/b15-11+,18-17+,22-19+. The van der Waals surface area contributed by atoms with Crippen LogP contribution in [0.5, 0.6) is 0 Å². The Labute approximate surface area is 199 Å². The zero-order valence-corrected chi connectivity index (χ0v) is 21.3. The lowest BCUT2D eigenvalue weighted by atomic mass is 9.64. The quantitative estimate of drug-likeness (QED) is 0.156. The summed E-state index contributed by atoms with van der Waals surface area (Å²) in [5.74, 6) is -5.29.